The number of urea groups is 1. The monoisotopic (exact) mass is 235 g/mol. The molecule has 0 unspecified atom stereocenters. The molecular formula is C12H17N3O2. The second-order valence-electron chi connectivity index (χ2n) is 4.31. The van der Waals surface area contributed by atoms with Crippen molar-refractivity contribution >= 4 is 11.8 Å². The number of nitrogens with one attached hydrogen (secondary N) is 2. The van der Waals surface area contributed by atoms with Crippen molar-refractivity contribution in [2.75, 3.05) is 11.9 Å². The van der Waals surface area contributed by atoms with Gasteiger partial charge in [-0.2, -0.15) is 0 Å². The first-order valence-corrected chi connectivity index (χ1v) is 5.89. The van der Waals surface area contributed by atoms with Crippen LogP contribution < -0.4 is 10.6 Å². The lowest BCUT2D eigenvalue weighted by molar-refractivity contribution is 0.133. The zero-order valence-electron chi connectivity index (χ0n) is 9.60. The van der Waals surface area contributed by atoms with Gasteiger partial charge in [-0.1, -0.05) is 12.5 Å². The Morgan fingerprint density at radius 2 is 2.35 bits per heavy atom. The highest BCUT2D eigenvalue weighted by molar-refractivity contribution is 5.88. The molecule has 5 heteroatoms. The summed E-state index contributed by atoms with van der Waals surface area (Å²) in [6.45, 7) is 0.514. The van der Waals surface area contributed by atoms with Crippen LogP contribution in [-0.4, -0.2) is 28.8 Å². The number of nitrogens with zero attached hydrogens (tertiary/aromatic N) is 1. The van der Waals surface area contributed by atoms with Gasteiger partial charge in [0.2, 0.25) is 0 Å². The third-order valence-corrected chi connectivity index (χ3v) is 3.05. The van der Waals surface area contributed by atoms with E-state index in [1.807, 2.05) is 6.07 Å². The van der Waals surface area contributed by atoms with Gasteiger partial charge in [0, 0.05) is 18.7 Å². The van der Waals surface area contributed by atoms with E-state index < -0.39 is 0 Å². The lowest BCUT2D eigenvalue weighted by atomic mass is 10.1. The number of aliphatic hydroxyl groups excluding tert-OH is 1. The zero-order chi connectivity index (χ0) is 12.1. The van der Waals surface area contributed by atoms with Gasteiger partial charge in [-0.3, -0.25) is 5.32 Å². The van der Waals surface area contributed by atoms with Crippen LogP contribution >= 0.6 is 0 Å². The van der Waals surface area contributed by atoms with E-state index in [4.69, 9.17) is 0 Å². The van der Waals surface area contributed by atoms with Crippen molar-refractivity contribution in [3.63, 3.8) is 0 Å². The van der Waals surface area contributed by atoms with Crippen molar-refractivity contribution in [3.8, 4) is 0 Å². The maximum absolute atomic E-state index is 11.5. The summed E-state index contributed by atoms with van der Waals surface area (Å²) in [6, 6.07) is 5.05. The fraction of sp³-hybridized carbons (Fsp3) is 0.500. The Kier molecular flexibility index (Phi) is 3.93. The highest BCUT2D eigenvalue weighted by Crippen LogP contribution is 2.24. The molecule has 1 heterocycles. The Balaban J connectivity index is 1.74. The Morgan fingerprint density at radius 3 is 3.00 bits per heavy atom. The molecule has 1 aliphatic carbocycles. The number of hydrogen-bond acceptors (Lipinski definition) is 3. The van der Waals surface area contributed by atoms with Crippen molar-refractivity contribution in [2.24, 2.45) is 5.92 Å². The van der Waals surface area contributed by atoms with Gasteiger partial charge in [-0.15, -0.1) is 0 Å². The van der Waals surface area contributed by atoms with Crippen LogP contribution in [0.3, 0.4) is 0 Å². The van der Waals surface area contributed by atoms with Crippen LogP contribution in [0.25, 0.3) is 0 Å². The van der Waals surface area contributed by atoms with E-state index in [0.29, 0.717) is 12.4 Å². The van der Waals surface area contributed by atoms with Crippen LogP contribution in [0.4, 0.5) is 10.6 Å². The van der Waals surface area contributed by atoms with E-state index in [9.17, 15) is 9.90 Å². The highest BCUT2D eigenvalue weighted by atomic mass is 16.3. The fourth-order valence-electron chi connectivity index (χ4n) is 2.08. The summed E-state index contributed by atoms with van der Waals surface area (Å²) in [4.78, 5) is 15.5. The Bertz CT molecular complexity index is 369. The van der Waals surface area contributed by atoms with Gasteiger partial charge in [0.05, 0.1) is 6.10 Å². The normalized spacial score (nSPS) is 23.4. The molecule has 1 fully saturated rings. The summed E-state index contributed by atoms with van der Waals surface area (Å²) in [5.74, 6) is 0.710. The number of carbonyl (C=O) groups is 1. The summed E-state index contributed by atoms with van der Waals surface area (Å²) >= 11 is 0. The molecule has 0 spiro atoms. The number of aromatic nitrogens is 1. The van der Waals surface area contributed by atoms with Crippen molar-refractivity contribution < 1.29 is 9.90 Å². The molecule has 0 saturated heterocycles. The molecule has 92 valence electrons. The van der Waals surface area contributed by atoms with Gasteiger partial charge in [-0.25, -0.2) is 9.78 Å². The minimum absolute atomic E-state index is 0.185. The van der Waals surface area contributed by atoms with E-state index in [-0.39, 0.29) is 18.1 Å². The standard InChI is InChI=1S/C12H17N3O2/c16-10-5-3-4-9(10)8-14-12(17)15-11-6-1-2-7-13-11/h1-2,6-7,9-10,16H,3-5,8H2,(H2,13,14,15,17)/t9-,10+/m1/s1. The minimum Gasteiger partial charge on any atom is -0.393 e. The number of carbonyl (C=O) groups excluding carboxylic acids is 1. The first-order valence-electron chi connectivity index (χ1n) is 5.89. The molecule has 1 aromatic heterocycles. The third kappa shape index (κ3) is 3.42. The smallest absolute Gasteiger partial charge is 0.320 e. The number of hydrogen-bond donors (Lipinski definition) is 3. The molecule has 1 saturated carbocycles. The molecular weight excluding hydrogens is 218 g/mol. The zero-order valence-corrected chi connectivity index (χ0v) is 9.60. The van der Waals surface area contributed by atoms with E-state index in [1.54, 1.807) is 18.3 Å². The first-order chi connectivity index (χ1) is 8.25. The molecule has 2 atom stereocenters. The molecule has 1 aromatic rings. The van der Waals surface area contributed by atoms with Crippen LogP contribution in [-0.2, 0) is 0 Å². The largest absolute Gasteiger partial charge is 0.393 e. The van der Waals surface area contributed by atoms with Gasteiger partial charge in [0.15, 0.2) is 0 Å². The molecule has 0 bridgehead atoms. The molecule has 0 aliphatic heterocycles. The molecule has 0 radical (unpaired) electrons. The van der Waals surface area contributed by atoms with Gasteiger partial charge in [0.1, 0.15) is 5.82 Å². The maximum atomic E-state index is 11.5. The minimum atomic E-state index is -0.275. The molecule has 1 aliphatic rings. The lowest BCUT2D eigenvalue weighted by Crippen LogP contribution is -2.35. The quantitative estimate of drug-likeness (QED) is 0.740. The first kappa shape index (κ1) is 11.9. The van der Waals surface area contributed by atoms with E-state index >= 15 is 0 Å². The second-order valence-corrected chi connectivity index (χ2v) is 4.31. The van der Waals surface area contributed by atoms with Crippen molar-refractivity contribution in [1.29, 1.82) is 0 Å². The van der Waals surface area contributed by atoms with Crippen LogP contribution in [0.5, 0.6) is 0 Å². The fourth-order valence-corrected chi connectivity index (χ4v) is 2.08. The van der Waals surface area contributed by atoms with E-state index in [1.165, 1.54) is 0 Å². The van der Waals surface area contributed by atoms with E-state index in [2.05, 4.69) is 15.6 Å². The summed E-state index contributed by atoms with van der Waals surface area (Å²) in [5, 5.41) is 15.0. The van der Waals surface area contributed by atoms with Gasteiger partial charge in [0.25, 0.3) is 0 Å². The van der Waals surface area contributed by atoms with Crippen LogP contribution in [0.2, 0.25) is 0 Å². The molecule has 5 nitrogen and oxygen atoms in total. The number of amides is 2. The highest BCUT2D eigenvalue weighted by Gasteiger charge is 2.25. The maximum Gasteiger partial charge on any atom is 0.320 e. The topological polar surface area (TPSA) is 74.2 Å². The molecule has 3 N–H and O–H groups in total. The predicted octanol–water partition coefficient (Wildman–Crippen LogP) is 1.36. The average molecular weight is 235 g/mol. The summed E-state index contributed by atoms with van der Waals surface area (Å²) in [6.07, 6.45) is 4.20. The lowest BCUT2D eigenvalue weighted by Gasteiger charge is -2.15. The summed E-state index contributed by atoms with van der Waals surface area (Å²) in [5.41, 5.74) is 0. The third-order valence-electron chi connectivity index (χ3n) is 3.05. The van der Waals surface area contributed by atoms with Crippen molar-refractivity contribution in [2.45, 2.75) is 25.4 Å². The number of aliphatic hydroxyl groups is 1. The summed E-state index contributed by atoms with van der Waals surface area (Å²) < 4.78 is 0. The van der Waals surface area contributed by atoms with Crippen LogP contribution in [0.1, 0.15) is 19.3 Å². The predicted molar refractivity (Wildman–Crippen MR) is 64.6 cm³/mol. The van der Waals surface area contributed by atoms with E-state index in [0.717, 1.165) is 19.3 Å². The van der Waals surface area contributed by atoms with Crippen LogP contribution in [0, 0.1) is 5.92 Å². The van der Waals surface area contributed by atoms with Crippen molar-refractivity contribution in [3.05, 3.63) is 24.4 Å². The number of rotatable bonds is 3. The number of anilines is 1. The SMILES string of the molecule is O=C(NC[C@H]1CCC[C@@H]1O)Nc1ccccn1. The van der Waals surface area contributed by atoms with Crippen LogP contribution in [0.15, 0.2) is 24.4 Å². The molecule has 17 heavy (non-hydrogen) atoms. The molecule has 2 rings (SSSR count). The van der Waals surface area contributed by atoms with Gasteiger partial charge in [-0.05, 0) is 25.0 Å². The average Bonchev–Trinajstić information content (AvgIpc) is 2.74. The van der Waals surface area contributed by atoms with Crippen molar-refractivity contribution in [1.82, 2.24) is 10.3 Å². The van der Waals surface area contributed by atoms with Gasteiger partial charge < -0.3 is 10.4 Å². The molecule has 0 aromatic carbocycles. The number of pyridine rings is 1. The Labute approximate surface area is 100 Å². The summed E-state index contributed by atoms with van der Waals surface area (Å²) in [7, 11) is 0. The molecule has 2 amide bonds. The van der Waals surface area contributed by atoms with Gasteiger partial charge >= 0.3 is 6.03 Å². The Hall–Kier alpha value is -1.62. The second kappa shape index (κ2) is 5.63. The Morgan fingerprint density at radius 1 is 1.47 bits per heavy atom.